The number of hydrogen-bond acceptors (Lipinski definition) is 5. The van der Waals surface area contributed by atoms with E-state index in [-0.39, 0.29) is 22.8 Å². The lowest BCUT2D eigenvalue weighted by atomic mass is 9.74. The van der Waals surface area contributed by atoms with Crippen molar-refractivity contribution in [3.63, 3.8) is 0 Å². The summed E-state index contributed by atoms with van der Waals surface area (Å²) in [5.74, 6) is 1.51. The van der Waals surface area contributed by atoms with E-state index in [0.29, 0.717) is 5.02 Å². The maximum Gasteiger partial charge on any atom is 0.216 e. The number of rotatable bonds is 4. The molecule has 1 aliphatic carbocycles. The maximum atomic E-state index is 11.9. The number of hydrogen-bond donors (Lipinski definition) is 3. The van der Waals surface area contributed by atoms with Gasteiger partial charge in [0, 0.05) is 23.1 Å². The minimum Gasteiger partial charge on any atom is -0.365 e. The van der Waals surface area contributed by atoms with Crippen LogP contribution in [0.15, 0.2) is 71.7 Å². The molecule has 6 nitrogen and oxygen atoms in total. The van der Waals surface area contributed by atoms with Gasteiger partial charge in [-0.3, -0.25) is 5.41 Å². The average Bonchev–Trinajstić information content (AvgIpc) is 3.61. The second-order valence-electron chi connectivity index (χ2n) is 7.53. The molecule has 2 aromatic rings. The molecule has 0 radical (unpaired) electrons. The lowest BCUT2D eigenvalue weighted by molar-refractivity contribution is -0.742. The predicted molar refractivity (Wildman–Crippen MR) is 110 cm³/mol. The number of allylic oxidation sites excluding steroid dienone is 2. The Morgan fingerprint density at radius 2 is 1.83 bits per heavy atom. The Labute approximate surface area is 179 Å². The smallest absolute Gasteiger partial charge is 0.216 e. The second-order valence-corrected chi connectivity index (χ2v) is 7.97. The third kappa shape index (κ3) is 3.28. The fourth-order valence-electron chi connectivity index (χ4n) is 4.26. The van der Waals surface area contributed by atoms with Crippen molar-refractivity contribution in [1.29, 1.82) is 15.9 Å². The van der Waals surface area contributed by atoms with Gasteiger partial charge in [-0.15, -0.1) is 0 Å². The first kappa shape index (κ1) is 19.9. The molecule has 3 unspecified atom stereocenters. The lowest BCUT2D eigenvalue weighted by Crippen LogP contribution is -2.66. The molecule has 0 spiro atoms. The van der Waals surface area contributed by atoms with Gasteiger partial charge in [0.05, 0.1) is 23.3 Å². The summed E-state index contributed by atoms with van der Waals surface area (Å²) in [6.45, 7) is 0. The molecule has 0 saturated heterocycles. The van der Waals surface area contributed by atoms with Gasteiger partial charge in [-0.2, -0.15) is 15.1 Å². The van der Waals surface area contributed by atoms with Crippen LogP contribution in [0.1, 0.15) is 30.4 Å². The Balaban J connectivity index is 2.03. The van der Waals surface area contributed by atoms with Crippen molar-refractivity contribution in [1.82, 2.24) is 5.32 Å². The van der Waals surface area contributed by atoms with Gasteiger partial charge in [0.25, 0.3) is 0 Å². The molecule has 2 heterocycles. The van der Waals surface area contributed by atoms with E-state index < -0.39 is 17.7 Å². The van der Waals surface area contributed by atoms with Crippen LogP contribution in [0, 0.1) is 34.0 Å². The van der Waals surface area contributed by atoms with E-state index in [2.05, 4.69) is 17.3 Å². The fraction of sp³-hybridized carbons (Fsp3) is 0.261. The number of nitrogens with one attached hydrogen (secondary N) is 2. The third-order valence-corrected chi connectivity index (χ3v) is 6.02. The van der Waals surface area contributed by atoms with Crippen LogP contribution < -0.4 is 9.88 Å². The van der Waals surface area contributed by atoms with Gasteiger partial charge in [0.1, 0.15) is 11.6 Å². The topological polar surface area (TPSA) is 108 Å². The molecular weight excluding hydrogens is 398 g/mol. The van der Waals surface area contributed by atoms with Gasteiger partial charge >= 0.3 is 0 Å². The summed E-state index contributed by atoms with van der Waals surface area (Å²) in [5.41, 5.74) is -0.290. The number of halogens is 1. The van der Waals surface area contributed by atoms with E-state index in [4.69, 9.17) is 17.0 Å². The van der Waals surface area contributed by atoms with E-state index >= 15 is 0 Å². The quantitative estimate of drug-likeness (QED) is 0.404. The first-order chi connectivity index (χ1) is 14.5. The van der Waals surface area contributed by atoms with Gasteiger partial charge < -0.3 is 10.4 Å². The first-order valence-electron chi connectivity index (χ1n) is 9.59. The van der Waals surface area contributed by atoms with Gasteiger partial charge in [0.2, 0.25) is 11.8 Å². The van der Waals surface area contributed by atoms with Gasteiger partial charge in [-0.25, -0.2) is 0 Å². The summed E-state index contributed by atoms with van der Waals surface area (Å²) in [7, 11) is 0. The molecule has 3 N–H and O–H groups in total. The van der Waals surface area contributed by atoms with Gasteiger partial charge in [-0.05, 0) is 36.4 Å². The lowest BCUT2D eigenvalue weighted by Gasteiger charge is -2.43. The maximum absolute atomic E-state index is 11.9. The molecule has 4 rings (SSSR count). The molecule has 0 amide bonds. The molecule has 2 aliphatic rings. The molecule has 3 atom stereocenters. The number of pyridine rings is 1. The monoisotopic (exact) mass is 416 g/mol. The molecule has 1 aromatic heterocycles. The van der Waals surface area contributed by atoms with Crippen LogP contribution in [0.25, 0.3) is 0 Å². The normalized spacial score (nSPS) is 25.5. The Morgan fingerprint density at radius 3 is 2.37 bits per heavy atom. The highest BCUT2D eigenvalue weighted by Crippen LogP contribution is 2.52. The second kappa shape index (κ2) is 7.78. The van der Waals surface area contributed by atoms with Crippen molar-refractivity contribution in [2.45, 2.75) is 30.5 Å². The highest BCUT2D eigenvalue weighted by atomic mass is 35.5. The molecule has 30 heavy (non-hydrogen) atoms. The molecule has 148 valence electrons. The predicted octanol–water partition coefficient (Wildman–Crippen LogP) is 3.13. The van der Waals surface area contributed by atoms with Gasteiger partial charge in [-0.1, -0.05) is 29.8 Å². The van der Waals surface area contributed by atoms with E-state index in [1.54, 1.807) is 12.1 Å². The van der Waals surface area contributed by atoms with Crippen molar-refractivity contribution < 1.29 is 9.67 Å². The zero-order valence-corrected chi connectivity index (χ0v) is 16.8. The molecule has 1 aliphatic heterocycles. The summed E-state index contributed by atoms with van der Waals surface area (Å²) in [6, 6.07) is 16.4. The molecule has 1 fully saturated rings. The van der Waals surface area contributed by atoms with E-state index in [1.807, 2.05) is 53.4 Å². The largest absolute Gasteiger partial charge is 0.365 e. The summed E-state index contributed by atoms with van der Waals surface area (Å²) < 4.78 is 1.90. The van der Waals surface area contributed by atoms with Crippen molar-refractivity contribution in [3.8, 4) is 12.1 Å². The number of aliphatic hydroxyl groups is 1. The van der Waals surface area contributed by atoms with Crippen LogP contribution in [0.2, 0.25) is 5.02 Å². The SMILES string of the molecule is N#CC(=C=N)C1=C(C#N)C(c2ccc(Cl)cc2)C([n+]2ccccc2)C(O)(C2CC2)N1. The molecule has 1 saturated carbocycles. The first-order valence-corrected chi connectivity index (χ1v) is 9.97. The van der Waals surface area contributed by atoms with Crippen molar-refractivity contribution in [2.24, 2.45) is 5.92 Å². The van der Waals surface area contributed by atoms with E-state index in [0.717, 1.165) is 18.4 Å². The van der Waals surface area contributed by atoms with E-state index in [9.17, 15) is 15.6 Å². The number of aromatic nitrogens is 1. The highest BCUT2D eigenvalue weighted by Gasteiger charge is 2.61. The summed E-state index contributed by atoms with van der Waals surface area (Å²) in [4.78, 5) is 0. The molecule has 7 heteroatoms. The van der Waals surface area contributed by atoms with Crippen molar-refractivity contribution in [3.05, 3.63) is 82.3 Å². The Morgan fingerprint density at radius 1 is 1.17 bits per heavy atom. The Bertz CT molecular complexity index is 1130. The van der Waals surface area contributed by atoms with Crippen molar-refractivity contribution in [2.75, 3.05) is 0 Å². The van der Waals surface area contributed by atoms with Crippen LogP contribution in [-0.2, 0) is 0 Å². The number of nitriles is 2. The van der Waals surface area contributed by atoms with Crippen LogP contribution in [0.5, 0.6) is 0 Å². The Hall–Kier alpha value is -3.41. The Kier molecular flexibility index (Phi) is 5.16. The average molecular weight is 417 g/mol. The summed E-state index contributed by atoms with van der Waals surface area (Å²) in [6.07, 6.45) is 5.37. The summed E-state index contributed by atoms with van der Waals surface area (Å²) in [5, 5.41) is 42.7. The standard InChI is InChI=1S/C23H19ClN5O/c24-18-8-4-15(5-9-18)20-19(14-27)21(16(12-25)13-26)28-23(30,17-6-7-17)22(20)29-10-2-1-3-11-29/h1-5,8-11,17,20,22,25,28,30H,6-7H2/q+1. The zero-order valence-electron chi connectivity index (χ0n) is 16.0. The number of nitrogens with zero attached hydrogens (tertiary/aromatic N) is 3. The molecular formula is C23H19ClN5O+. The fourth-order valence-corrected chi connectivity index (χ4v) is 4.39. The third-order valence-electron chi connectivity index (χ3n) is 5.77. The van der Waals surface area contributed by atoms with E-state index in [1.165, 1.54) is 0 Å². The molecule has 1 aromatic carbocycles. The zero-order chi connectivity index (χ0) is 21.3. The minimum absolute atomic E-state index is 0.0501. The van der Waals surface area contributed by atoms with Crippen LogP contribution in [-0.4, -0.2) is 16.7 Å². The highest BCUT2D eigenvalue weighted by molar-refractivity contribution is 6.30. The minimum atomic E-state index is -1.41. The van der Waals surface area contributed by atoms with Crippen LogP contribution in [0.3, 0.4) is 0 Å². The molecule has 0 bridgehead atoms. The summed E-state index contributed by atoms with van der Waals surface area (Å²) >= 11 is 6.09. The van der Waals surface area contributed by atoms with Crippen LogP contribution >= 0.6 is 11.6 Å². The van der Waals surface area contributed by atoms with Crippen LogP contribution in [0.4, 0.5) is 0 Å². The van der Waals surface area contributed by atoms with Gasteiger partial charge in [0.15, 0.2) is 12.4 Å². The van der Waals surface area contributed by atoms with Crippen molar-refractivity contribution >= 4 is 17.5 Å². The number of benzene rings is 1.